The molecule has 0 fully saturated rings. The number of benzene rings is 1. The van der Waals surface area contributed by atoms with Crippen LogP contribution >= 0.6 is 11.3 Å². The maximum Gasteiger partial charge on any atom is 0.261 e. The first kappa shape index (κ1) is 18.5. The third kappa shape index (κ3) is 2.94. The second-order valence-corrected chi connectivity index (χ2v) is 8.10. The van der Waals surface area contributed by atoms with Gasteiger partial charge in [0.2, 0.25) is 0 Å². The van der Waals surface area contributed by atoms with E-state index in [1.54, 1.807) is 4.90 Å². The fourth-order valence-electron chi connectivity index (χ4n) is 3.64. The van der Waals surface area contributed by atoms with Gasteiger partial charge in [0.05, 0.1) is 27.4 Å². The minimum atomic E-state index is -0.197. The number of rotatable bonds is 6. The smallest absolute Gasteiger partial charge is 0.261 e. The molecule has 1 aromatic heterocycles. The Morgan fingerprint density at radius 3 is 2.43 bits per heavy atom. The molecule has 3 heterocycles. The van der Waals surface area contributed by atoms with Crippen LogP contribution in [0.3, 0.4) is 0 Å². The first-order valence-corrected chi connectivity index (χ1v) is 10.3. The van der Waals surface area contributed by atoms with Crippen LogP contribution in [-0.2, 0) is 9.59 Å². The molecular weight excluding hydrogens is 370 g/mol. The summed E-state index contributed by atoms with van der Waals surface area (Å²) in [5.74, 6) is -0.283. The molecule has 0 saturated carbocycles. The average molecular weight is 394 g/mol. The van der Waals surface area contributed by atoms with E-state index in [0.29, 0.717) is 23.4 Å². The van der Waals surface area contributed by atoms with Gasteiger partial charge in [0.1, 0.15) is 0 Å². The van der Waals surface area contributed by atoms with Crippen LogP contribution in [-0.4, -0.2) is 37.4 Å². The topological polar surface area (TPSA) is 52.7 Å². The highest BCUT2D eigenvalue weighted by Crippen LogP contribution is 2.43. The molecule has 0 bridgehead atoms. The Bertz CT molecular complexity index is 985. The molecule has 144 valence electrons. The summed E-state index contributed by atoms with van der Waals surface area (Å²) < 4.78 is 0. The van der Waals surface area contributed by atoms with Crippen molar-refractivity contribution in [3.63, 3.8) is 0 Å². The molecule has 2 aliphatic heterocycles. The minimum Gasteiger partial charge on any atom is -0.378 e. The number of carbonyl (C=O) groups is 2. The molecule has 4 rings (SSSR count). The van der Waals surface area contributed by atoms with E-state index in [-0.39, 0.29) is 11.8 Å². The highest BCUT2D eigenvalue weighted by Gasteiger charge is 2.45. The normalized spacial score (nSPS) is 16.2. The summed E-state index contributed by atoms with van der Waals surface area (Å²) >= 11 is 1.52. The van der Waals surface area contributed by atoms with Crippen molar-refractivity contribution in [2.45, 2.75) is 19.8 Å². The second kappa shape index (κ2) is 7.28. The standard InChI is InChI=1S/C22H23N3O2S/c1-4-5-12-25-20(14-8-10-15(11-9-14)24(2)3)18-17(22(25)27)19(23-21(18)26)16-7-6-13-28-16/h6-11,13H,4-5,12H2,1-3H3,(H,23,26). The molecule has 0 aliphatic carbocycles. The summed E-state index contributed by atoms with van der Waals surface area (Å²) in [6.07, 6.45) is 1.87. The summed E-state index contributed by atoms with van der Waals surface area (Å²) in [5.41, 5.74) is 4.34. The van der Waals surface area contributed by atoms with Crippen LogP contribution in [0.2, 0.25) is 0 Å². The molecule has 2 amide bonds. The zero-order valence-electron chi connectivity index (χ0n) is 16.3. The van der Waals surface area contributed by atoms with Crippen LogP contribution < -0.4 is 10.2 Å². The summed E-state index contributed by atoms with van der Waals surface area (Å²) in [6, 6.07) is 11.9. The summed E-state index contributed by atoms with van der Waals surface area (Å²) in [4.78, 5) is 30.9. The second-order valence-electron chi connectivity index (χ2n) is 7.16. The minimum absolute atomic E-state index is 0.0862. The van der Waals surface area contributed by atoms with Gasteiger partial charge in [0.15, 0.2) is 0 Å². The SMILES string of the molecule is CCCCN1C(=O)C2=C(c3cccs3)NC(=O)C2=C1c1ccc(N(C)C)cc1. The molecule has 2 aliphatic rings. The quantitative estimate of drug-likeness (QED) is 0.814. The number of amides is 2. The highest BCUT2D eigenvalue weighted by atomic mass is 32.1. The molecule has 0 radical (unpaired) electrons. The number of nitrogens with one attached hydrogen (secondary N) is 1. The van der Waals surface area contributed by atoms with Crippen LogP contribution in [0, 0.1) is 0 Å². The molecule has 0 spiro atoms. The number of thiophene rings is 1. The van der Waals surface area contributed by atoms with Crippen LogP contribution in [0.15, 0.2) is 52.9 Å². The Morgan fingerprint density at radius 2 is 1.82 bits per heavy atom. The summed E-state index contributed by atoms with van der Waals surface area (Å²) in [5, 5.41) is 4.88. The zero-order valence-corrected chi connectivity index (χ0v) is 17.1. The van der Waals surface area contributed by atoms with Gasteiger partial charge in [-0.3, -0.25) is 9.59 Å². The van der Waals surface area contributed by atoms with Crippen molar-refractivity contribution >= 4 is 40.2 Å². The van der Waals surface area contributed by atoms with Crippen LogP contribution in [0.4, 0.5) is 5.69 Å². The number of unbranched alkanes of at least 4 members (excludes halogenated alkanes) is 1. The van der Waals surface area contributed by atoms with Crippen molar-refractivity contribution in [3.8, 4) is 0 Å². The molecule has 5 nitrogen and oxygen atoms in total. The number of fused-ring (bicyclic) bond motifs is 1. The number of hydrogen-bond donors (Lipinski definition) is 1. The fourth-order valence-corrected chi connectivity index (χ4v) is 4.37. The molecule has 28 heavy (non-hydrogen) atoms. The molecule has 0 atom stereocenters. The first-order chi connectivity index (χ1) is 13.5. The third-order valence-corrected chi connectivity index (χ3v) is 5.98. The molecular formula is C22H23N3O2S. The van der Waals surface area contributed by atoms with E-state index < -0.39 is 0 Å². The molecule has 1 aromatic carbocycles. The zero-order chi connectivity index (χ0) is 19.8. The molecule has 0 saturated heterocycles. The number of nitrogens with zero attached hydrogens (tertiary/aromatic N) is 2. The van der Waals surface area contributed by atoms with Gasteiger partial charge in [-0.15, -0.1) is 11.3 Å². The van der Waals surface area contributed by atoms with E-state index in [9.17, 15) is 9.59 Å². The van der Waals surface area contributed by atoms with E-state index in [4.69, 9.17) is 0 Å². The van der Waals surface area contributed by atoms with Crippen molar-refractivity contribution in [3.05, 3.63) is 63.4 Å². The van der Waals surface area contributed by atoms with Crippen LogP contribution in [0.1, 0.15) is 30.2 Å². The van der Waals surface area contributed by atoms with Gasteiger partial charge < -0.3 is 15.1 Å². The molecule has 6 heteroatoms. The van der Waals surface area contributed by atoms with E-state index >= 15 is 0 Å². The maximum atomic E-state index is 13.3. The molecule has 2 aromatic rings. The molecule has 1 N–H and O–H groups in total. The molecule has 0 unspecified atom stereocenters. The third-order valence-electron chi connectivity index (χ3n) is 5.09. The predicted molar refractivity (Wildman–Crippen MR) is 114 cm³/mol. The lowest BCUT2D eigenvalue weighted by Gasteiger charge is -2.22. The number of carbonyl (C=O) groups excluding carboxylic acids is 2. The van der Waals surface area contributed by atoms with Gasteiger partial charge in [0, 0.05) is 26.3 Å². The Kier molecular flexibility index (Phi) is 4.81. The van der Waals surface area contributed by atoms with Gasteiger partial charge >= 0.3 is 0 Å². The van der Waals surface area contributed by atoms with Gasteiger partial charge in [-0.2, -0.15) is 0 Å². The Balaban J connectivity index is 1.87. The van der Waals surface area contributed by atoms with Gasteiger partial charge in [-0.1, -0.05) is 31.5 Å². The Morgan fingerprint density at radius 1 is 1.07 bits per heavy atom. The number of hydrogen-bond acceptors (Lipinski definition) is 4. The Hall–Kier alpha value is -2.86. The van der Waals surface area contributed by atoms with Crippen molar-refractivity contribution in [1.82, 2.24) is 10.2 Å². The van der Waals surface area contributed by atoms with Gasteiger partial charge in [0.25, 0.3) is 11.8 Å². The van der Waals surface area contributed by atoms with Gasteiger partial charge in [-0.25, -0.2) is 0 Å². The van der Waals surface area contributed by atoms with Gasteiger partial charge in [-0.05, 0) is 35.6 Å². The summed E-state index contributed by atoms with van der Waals surface area (Å²) in [6.45, 7) is 2.71. The fraction of sp³-hybridized carbons (Fsp3) is 0.273. The van der Waals surface area contributed by atoms with E-state index in [2.05, 4.69) is 12.2 Å². The lowest BCUT2D eigenvalue weighted by atomic mass is 10.0. The van der Waals surface area contributed by atoms with Crippen LogP contribution in [0.5, 0.6) is 0 Å². The first-order valence-electron chi connectivity index (χ1n) is 9.46. The highest BCUT2D eigenvalue weighted by molar-refractivity contribution is 7.11. The van der Waals surface area contributed by atoms with Crippen molar-refractivity contribution < 1.29 is 9.59 Å². The number of anilines is 1. The van der Waals surface area contributed by atoms with Crippen molar-refractivity contribution in [1.29, 1.82) is 0 Å². The van der Waals surface area contributed by atoms with Crippen LogP contribution in [0.25, 0.3) is 11.4 Å². The van der Waals surface area contributed by atoms with E-state index in [0.717, 1.165) is 34.7 Å². The monoisotopic (exact) mass is 393 g/mol. The van der Waals surface area contributed by atoms with E-state index in [1.165, 1.54) is 11.3 Å². The summed E-state index contributed by atoms with van der Waals surface area (Å²) in [7, 11) is 3.98. The largest absolute Gasteiger partial charge is 0.378 e. The van der Waals surface area contributed by atoms with Crippen molar-refractivity contribution in [2.75, 3.05) is 25.5 Å². The maximum absolute atomic E-state index is 13.3. The Labute approximate surface area is 169 Å². The lowest BCUT2D eigenvalue weighted by molar-refractivity contribution is -0.123. The lowest BCUT2D eigenvalue weighted by Crippen LogP contribution is -2.28. The average Bonchev–Trinajstić information content (AvgIpc) is 3.38. The van der Waals surface area contributed by atoms with Crippen molar-refractivity contribution in [2.24, 2.45) is 0 Å². The van der Waals surface area contributed by atoms with E-state index in [1.807, 2.05) is 60.8 Å². The predicted octanol–water partition coefficient (Wildman–Crippen LogP) is 3.71.